The van der Waals surface area contributed by atoms with Gasteiger partial charge < -0.3 is 9.47 Å². The van der Waals surface area contributed by atoms with Crippen LogP contribution in [-0.4, -0.2) is 4.57 Å². The Morgan fingerprint density at radius 2 is 0.750 bits per heavy atom. The van der Waals surface area contributed by atoms with Gasteiger partial charge >= 0.3 is 0 Å². The maximum atomic E-state index is 2.39. The molecule has 56 heavy (non-hydrogen) atoms. The van der Waals surface area contributed by atoms with Crippen molar-refractivity contribution in [3.63, 3.8) is 0 Å². The van der Waals surface area contributed by atoms with Gasteiger partial charge in [-0.2, -0.15) is 0 Å². The van der Waals surface area contributed by atoms with E-state index in [4.69, 9.17) is 0 Å². The minimum Gasteiger partial charge on any atom is -0.310 e. The standard InChI is InChI=1S/C54H38N2/c1-5-17-39(18-6-1)40-29-31-42(32-30-40)48-35-33-45(37-52(48)49-26-14-13-25-47(49)41-19-7-2-8-20-41)55(43-21-9-3-10-22-43)46-34-36-51-50-27-15-16-28-53(50)56(54(51)38-46)44-23-11-4-12-24-44/h1-38H. The monoisotopic (exact) mass is 714 g/mol. The van der Waals surface area contributed by atoms with Crippen LogP contribution in [0, 0.1) is 0 Å². The van der Waals surface area contributed by atoms with Crippen LogP contribution < -0.4 is 4.90 Å². The zero-order valence-corrected chi connectivity index (χ0v) is 30.8. The summed E-state index contributed by atoms with van der Waals surface area (Å²) in [6, 6.07) is 83.1. The highest BCUT2D eigenvalue weighted by Crippen LogP contribution is 2.45. The maximum Gasteiger partial charge on any atom is 0.0561 e. The van der Waals surface area contributed by atoms with Gasteiger partial charge in [0.15, 0.2) is 0 Å². The Labute approximate surface area is 327 Å². The third-order valence-electron chi connectivity index (χ3n) is 10.8. The van der Waals surface area contributed by atoms with Crippen molar-refractivity contribution in [3.05, 3.63) is 231 Å². The minimum absolute atomic E-state index is 1.08. The molecule has 0 radical (unpaired) electrons. The number of anilines is 3. The number of hydrogen-bond acceptors (Lipinski definition) is 1. The highest BCUT2D eigenvalue weighted by atomic mass is 15.1. The Bertz CT molecular complexity index is 2930. The second-order valence-corrected chi connectivity index (χ2v) is 14.1. The quantitative estimate of drug-likeness (QED) is 0.152. The molecule has 0 aliphatic heterocycles. The van der Waals surface area contributed by atoms with Crippen LogP contribution in [-0.2, 0) is 0 Å². The largest absolute Gasteiger partial charge is 0.310 e. The van der Waals surface area contributed by atoms with Gasteiger partial charge in [-0.15, -0.1) is 0 Å². The molecule has 10 aromatic rings. The summed E-state index contributed by atoms with van der Waals surface area (Å²) in [6.45, 7) is 0. The molecule has 9 aromatic carbocycles. The van der Waals surface area contributed by atoms with Crippen molar-refractivity contribution < 1.29 is 0 Å². The van der Waals surface area contributed by atoms with Crippen molar-refractivity contribution in [3.8, 4) is 50.2 Å². The van der Waals surface area contributed by atoms with E-state index in [2.05, 4.69) is 240 Å². The van der Waals surface area contributed by atoms with Crippen molar-refractivity contribution in [2.45, 2.75) is 0 Å². The van der Waals surface area contributed by atoms with E-state index < -0.39 is 0 Å². The molecule has 0 atom stereocenters. The molecule has 0 fully saturated rings. The summed E-state index contributed by atoms with van der Waals surface area (Å²) >= 11 is 0. The van der Waals surface area contributed by atoms with E-state index in [-0.39, 0.29) is 0 Å². The molecular formula is C54H38N2. The molecule has 2 heteroatoms. The van der Waals surface area contributed by atoms with Crippen LogP contribution in [0.2, 0.25) is 0 Å². The number of rotatable bonds is 8. The van der Waals surface area contributed by atoms with Gasteiger partial charge in [0.05, 0.1) is 11.0 Å². The van der Waals surface area contributed by atoms with Gasteiger partial charge in [0.2, 0.25) is 0 Å². The molecule has 0 saturated carbocycles. The molecule has 0 amide bonds. The molecule has 0 aliphatic carbocycles. The molecule has 0 aliphatic rings. The zero-order chi connectivity index (χ0) is 37.3. The number of hydrogen-bond donors (Lipinski definition) is 0. The lowest BCUT2D eigenvalue weighted by atomic mass is 9.88. The molecule has 0 unspecified atom stereocenters. The van der Waals surface area contributed by atoms with Crippen LogP contribution in [0.1, 0.15) is 0 Å². The third kappa shape index (κ3) is 6.04. The molecule has 264 valence electrons. The molecular weight excluding hydrogens is 677 g/mol. The maximum absolute atomic E-state index is 2.39. The lowest BCUT2D eigenvalue weighted by molar-refractivity contribution is 1.18. The van der Waals surface area contributed by atoms with Crippen LogP contribution in [0.4, 0.5) is 17.1 Å². The van der Waals surface area contributed by atoms with Gasteiger partial charge in [0.25, 0.3) is 0 Å². The van der Waals surface area contributed by atoms with Crippen LogP contribution in [0.15, 0.2) is 231 Å². The minimum atomic E-state index is 1.08. The molecule has 1 aromatic heterocycles. The molecule has 10 rings (SSSR count). The molecule has 2 nitrogen and oxygen atoms in total. The van der Waals surface area contributed by atoms with Crippen molar-refractivity contribution in [2.24, 2.45) is 0 Å². The number of benzene rings is 9. The Morgan fingerprint density at radius 1 is 0.268 bits per heavy atom. The van der Waals surface area contributed by atoms with Crippen LogP contribution in [0.5, 0.6) is 0 Å². The fourth-order valence-electron chi connectivity index (χ4n) is 8.18. The van der Waals surface area contributed by atoms with Crippen LogP contribution in [0.3, 0.4) is 0 Å². The summed E-state index contributed by atoms with van der Waals surface area (Å²) in [4.78, 5) is 2.39. The van der Waals surface area contributed by atoms with Crippen molar-refractivity contribution in [1.82, 2.24) is 4.57 Å². The highest BCUT2D eigenvalue weighted by Gasteiger charge is 2.20. The first-order chi connectivity index (χ1) is 27.8. The highest BCUT2D eigenvalue weighted by molar-refractivity contribution is 6.10. The second kappa shape index (κ2) is 14.4. The molecule has 0 spiro atoms. The first-order valence-corrected chi connectivity index (χ1v) is 19.2. The van der Waals surface area contributed by atoms with Gasteiger partial charge in [-0.3, -0.25) is 0 Å². The van der Waals surface area contributed by atoms with E-state index in [1.807, 2.05) is 0 Å². The smallest absolute Gasteiger partial charge is 0.0561 e. The van der Waals surface area contributed by atoms with Gasteiger partial charge in [0, 0.05) is 33.5 Å². The fourth-order valence-corrected chi connectivity index (χ4v) is 8.18. The first-order valence-electron chi connectivity index (χ1n) is 19.2. The Kier molecular flexibility index (Phi) is 8.55. The fraction of sp³-hybridized carbons (Fsp3) is 0. The molecule has 0 saturated heterocycles. The first kappa shape index (κ1) is 33.2. The van der Waals surface area contributed by atoms with Gasteiger partial charge in [0.1, 0.15) is 0 Å². The average Bonchev–Trinajstić information content (AvgIpc) is 3.61. The van der Waals surface area contributed by atoms with E-state index in [0.29, 0.717) is 0 Å². The Morgan fingerprint density at radius 3 is 1.48 bits per heavy atom. The van der Waals surface area contributed by atoms with E-state index >= 15 is 0 Å². The van der Waals surface area contributed by atoms with Gasteiger partial charge in [-0.05, 0) is 99.1 Å². The second-order valence-electron chi connectivity index (χ2n) is 14.1. The zero-order valence-electron chi connectivity index (χ0n) is 30.8. The number of nitrogens with zero attached hydrogens (tertiary/aromatic N) is 2. The SMILES string of the molecule is c1ccc(-c2ccc(-c3ccc(N(c4ccccc4)c4ccc5c6ccccc6n(-c6ccccc6)c5c4)cc3-c3ccccc3-c3ccccc3)cc2)cc1. The van der Waals surface area contributed by atoms with Gasteiger partial charge in [-0.25, -0.2) is 0 Å². The molecule has 1 heterocycles. The number of aromatic nitrogens is 1. The van der Waals surface area contributed by atoms with Crippen LogP contribution in [0.25, 0.3) is 72.0 Å². The van der Waals surface area contributed by atoms with Crippen LogP contribution >= 0.6 is 0 Å². The summed E-state index contributed by atoms with van der Waals surface area (Å²) in [5.74, 6) is 0. The molecule has 0 N–H and O–H groups in total. The van der Waals surface area contributed by atoms with E-state index in [1.54, 1.807) is 0 Å². The molecule has 0 bridgehead atoms. The normalized spacial score (nSPS) is 11.2. The number of para-hydroxylation sites is 3. The van der Waals surface area contributed by atoms with Crippen molar-refractivity contribution >= 4 is 38.9 Å². The lowest BCUT2D eigenvalue weighted by Gasteiger charge is -2.27. The summed E-state index contributed by atoms with van der Waals surface area (Å²) in [6.07, 6.45) is 0. The summed E-state index contributed by atoms with van der Waals surface area (Å²) in [5.41, 5.74) is 16.3. The predicted octanol–water partition coefficient (Wildman–Crippen LogP) is 14.9. The summed E-state index contributed by atoms with van der Waals surface area (Å²) in [5, 5.41) is 2.47. The third-order valence-corrected chi connectivity index (χ3v) is 10.8. The van der Waals surface area contributed by atoms with E-state index in [0.717, 1.165) is 22.7 Å². The average molecular weight is 715 g/mol. The van der Waals surface area contributed by atoms with Crippen molar-refractivity contribution in [2.75, 3.05) is 4.90 Å². The van der Waals surface area contributed by atoms with E-state index in [9.17, 15) is 0 Å². The summed E-state index contributed by atoms with van der Waals surface area (Å²) < 4.78 is 2.39. The Balaban J connectivity index is 1.19. The number of fused-ring (bicyclic) bond motifs is 3. The predicted molar refractivity (Wildman–Crippen MR) is 237 cm³/mol. The summed E-state index contributed by atoms with van der Waals surface area (Å²) in [7, 11) is 0. The Hall–Kier alpha value is -7.42. The van der Waals surface area contributed by atoms with Gasteiger partial charge in [-0.1, -0.05) is 176 Å². The van der Waals surface area contributed by atoms with Crippen molar-refractivity contribution in [1.29, 1.82) is 0 Å². The van der Waals surface area contributed by atoms with E-state index in [1.165, 1.54) is 66.3 Å². The lowest BCUT2D eigenvalue weighted by Crippen LogP contribution is -2.10. The topological polar surface area (TPSA) is 8.17 Å².